The van der Waals surface area contributed by atoms with E-state index in [2.05, 4.69) is 13.8 Å². The smallest absolute Gasteiger partial charge is 0.0543 e. The highest BCUT2D eigenvalue weighted by atomic mass is 16.5. The number of methoxy groups -OCH3 is 1. The van der Waals surface area contributed by atoms with E-state index in [1.807, 2.05) is 0 Å². The lowest BCUT2D eigenvalue weighted by molar-refractivity contribution is 0.110. The van der Waals surface area contributed by atoms with E-state index in [-0.39, 0.29) is 0 Å². The number of ether oxygens (including phenoxy) is 1. The lowest BCUT2D eigenvalue weighted by Crippen LogP contribution is -2.02. The van der Waals surface area contributed by atoms with E-state index < -0.39 is 0 Å². The molecule has 0 radical (unpaired) electrons. The van der Waals surface area contributed by atoms with Crippen LogP contribution in [0.1, 0.15) is 26.7 Å². The maximum Gasteiger partial charge on any atom is 0.0543 e. The minimum atomic E-state index is 0.449. The molecule has 1 unspecified atom stereocenters. The first-order chi connectivity index (χ1) is 3.31. The van der Waals surface area contributed by atoms with Gasteiger partial charge < -0.3 is 4.74 Å². The van der Waals surface area contributed by atoms with Crippen molar-refractivity contribution in [2.24, 2.45) is 0 Å². The molecule has 7 heavy (non-hydrogen) atoms. The monoisotopic (exact) mass is 102 g/mol. The first-order valence-electron chi connectivity index (χ1n) is 2.84. The third-order valence-electron chi connectivity index (χ3n) is 1.10. The fourth-order valence-electron chi connectivity index (χ4n) is 0.524. The van der Waals surface area contributed by atoms with Gasteiger partial charge in [-0.1, -0.05) is 13.3 Å². The zero-order chi connectivity index (χ0) is 5.70. The van der Waals surface area contributed by atoms with Gasteiger partial charge in [0.1, 0.15) is 0 Å². The second kappa shape index (κ2) is 4.13. The van der Waals surface area contributed by atoms with Crippen molar-refractivity contribution in [1.82, 2.24) is 0 Å². The van der Waals surface area contributed by atoms with Crippen molar-refractivity contribution in [3.8, 4) is 0 Å². The molecule has 0 aromatic rings. The molecule has 0 aromatic heterocycles. The number of hydrogen-bond acceptors (Lipinski definition) is 1. The van der Waals surface area contributed by atoms with Gasteiger partial charge in [-0.3, -0.25) is 0 Å². The Kier molecular flexibility index (Phi) is 4.10. The normalized spacial score (nSPS) is 14.1. The van der Waals surface area contributed by atoms with Crippen molar-refractivity contribution in [2.75, 3.05) is 7.11 Å². The molecule has 0 aliphatic rings. The van der Waals surface area contributed by atoms with Gasteiger partial charge in [-0.15, -0.1) is 0 Å². The highest BCUT2D eigenvalue weighted by molar-refractivity contribution is 4.43. The molecule has 0 bridgehead atoms. The van der Waals surface area contributed by atoms with Crippen LogP contribution < -0.4 is 0 Å². The molecule has 0 saturated heterocycles. The molecule has 0 amide bonds. The number of hydrogen-bond donors (Lipinski definition) is 0. The van der Waals surface area contributed by atoms with Crippen molar-refractivity contribution < 1.29 is 4.74 Å². The average molecular weight is 102 g/mol. The Labute approximate surface area is 45.7 Å². The molecule has 0 heterocycles. The lowest BCUT2D eigenvalue weighted by atomic mass is 10.2. The summed E-state index contributed by atoms with van der Waals surface area (Å²) in [4.78, 5) is 0. The van der Waals surface area contributed by atoms with Gasteiger partial charge in [-0.2, -0.15) is 0 Å². The van der Waals surface area contributed by atoms with Crippen LogP contribution in [0.4, 0.5) is 0 Å². The van der Waals surface area contributed by atoms with Gasteiger partial charge in [0, 0.05) is 7.11 Å². The number of rotatable bonds is 3. The van der Waals surface area contributed by atoms with E-state index in [0.717, 1.165) is 0 Å². The molecule has 0 aliphatic heterocycles. The summed E-state index contributed by atoms with van der Waals surface area (Å²) in [6.45, 7) is 4.25. The van der Waals surface area contributed by atoms with Crippen LogP contribution in [0.15, 0.2) is 0 Å². The van der Waals surface area contributed by atoms with Gasteiger partial charge in [0.05, 0.1) is 6.10 Å². The Balaban J connectivity index is 2.83. The van der Waals surface area contributed by atoms with Crippen molar-refractivity contribution in [1.29, 1.82) is 0 Å². The zero-order valence-electron chi connectivity index (χ0n) is 5.40. The summed E-state index contributed by atoms with van der Waals surface area (Å²) < 4.78 is 4.99. The van der Waals surface area contributed by atoms with Crippen LogP contribution in [0.5, 0.6) is 0 Å². The van der Waals surface area contributed by atoms with Crippen molar-refractivity contribution in [2.45, 2.75) is 32.8 Å². The van der Waals surface area contributed by atoms with E-state index >= 15 is 0 Å². The summed E-state index contributed by atoms with van der Waals surface area (Å²) >= 11 is 0. The predicted octanol–water partition coefficient (Wildman–Crippen LogP) is 1.82. The van der Waals surface area contributed by atoms with Gasteiger partial charge in [-0.05, 0) is 13.3 Å². The van der Waals surface area contributed by atoms with Gasteiger partial charge in [0.2, 0.25) is 0 Å². The summed E-state index contributed by atoms with van der Waals surface area (Å²) in [6, 6.07) is 0. The Morgan fingerprint density at radius 3 is 2.29 bits per heavy atom. The molecule has 44 valence electrons. The molecule has 1 heteroatoms. The lowest BCUT2D eigenvalue weighted by Gasteiger charge is -2.04. The highest BCUT2D eigenvalue weighted by Gasteiger charge is 1.92. The summed E-state index contributed by atoms with van der Waals surface area (Å²) in [5, 5.41) is 0. The Bertz CT molecular complexity index is 35.2. The molecular weight excluding hydrogens is 88.1 g/mol. The summed E-state index contributed by atoms with van der Waals surface area (Å²) in [5.74, 6) is 0. The fraction of sp³-hybridized carbons (Fsp3) is 1.00. The van der Waals surface area contributed by atoms with Crippen LogP contribution in [0.2, 0.25) is 0 Å². The molecule has 0 aromatic carbocycles. The van der Waals surface area contributed by atoms with Crippen LogP contribution in [-0.2, 0) is 4.74 Å². The zero-order valence-corrected chi connectivity index (χ0v) is 5.40. The Hall–Kier alpha value is -0.0400. The average Bonchev–Trinajstić information content (AvgIpc) is 1.68. The maximum absolute atomic E-state index is 4.99. The van der Waals surface area contributed by atoms with Crippen LogP contribution >= 0.6 is 0 Å². The third kappa shape index (κ3) is 3.80. The van der Waals surface area contributed by atoms with E-state index in [1.165, 1.54) is 12.8 Å². The second-order valence-corrected chi connectivity index (χ2v) is 1.83. The quantitative estimate of drug-likeness (QED) is 0.528. The molecule has 0 aliphatic carbocycles. The molecule has 0 fully saturated rings. The fourth-order valence-corrected chi connectivity index (χ4v) is 0.524. The standard InChI is InChI=1S/C6H14O/c1-4-5-6(2)7-3/h6H,4-5H2,1-3H3. The van der Waals surface area contributed by atoms with Gasteiger partial charge in [-0.25, -0.2) is 0 Å². The molecule has 0 N–H and O–H groups in total. The highest BCUT2D eigenvalue weighted by Crippen LogP contribution is 1.96. The summed E-state index contributed by atoms with van der Waals surface area (Å²) in [6.07, 6.45) is 2.84. The van der Waals surface area contributed by atoms with E-state index in [0.29, 0.717) is 6.10 Å². The van der Waals surface area contributed by atoms with Crippen molar-refractivity contribution in [3.63, 3.8) is 0 Å². The first kappa shape index (κ1) is 6.96. The molecule has 1 atom stereocenters. The van der Waals surface area contributed by atoms with Crippen LogP contribution in [0.25, 0.3) is 0 Å². The largest absolute Gasteiger partial charge is 0.382 e. The predicted molar refractivity (Wildman–Crippen MR) is 31.4 cm³/mol. The molecule has 0 spiro atoms. The van der Waals surface area contributed by atoms with E-state index in [4.69, 9.17) is 4.74 Å². The molecule has 0 rings (SSSR count). The van der Waals surface area contributed by atoms with Gasteiger partial charge >= 0.3 is 0 Å². The van der Waals surface area contributed by atoms with Crippen molar-refractivity contribution >= 4 is 0 Å². The summed E-state index contributed by atoms with van der Waals surface area (Å²) in [5.41, 5.74) is 0. The van der Waals surface area contributed by atoms with Gasteiger partial charge in [0.15, 0.2) is 0 Å². The van der Waals surface area contributed by atoms with E-state index in [1.54, 1.807) is 7.11 Å². The second-order valence-electron chi connectivity index (χ2n) is 1.83. The minimum absolute atomic E-state index is 0.449. The Morgan fingerprint density at radius 1 is 1.57 bits per heavy atom. The maximum atomic E-state index is 4.99. The minimum Gasteiger partial charge on any atom is -0.382 e. The van der Waals surface area contributed by atoms with Crippen LogP contribution in [0.3, 0.4) is 0 Å². The first-order valence-corrected chi connectivity index (χ1v) is 2.84. The SMILES string of the molecule is CCCC(C)OC. The van der Waals surface area contributed by atoms with Crippen molar-refractivity contribution in [3.05, 3.63) is 0 Å². The molecule has 0 saturated carbocycles. The molecule has 1 nitrogen and oxygen atoms in total. The van der Waals surface area contributed by atoms with Crippen LogP contribution in [0, 0.1) is 0 Å². The van der Waals surface area contributed by atoms with Crippen LogP contribution in [-0.4, -0.2) is 13.2 Å². The topological polar surface area (TPSA) is 9.23 Å². The molecular formula is C6H14O. The Morgan fingerprint density at radius 2 is 2.14 bits per heavy atom. The van der Waals surface area contributed by atoms with Gasteiger partial charge in [0.25, 0.3) is 0 Å². The van der Waals surface area contributed by atoms with E-state index in [9.17, 15) is 0 Å². The summed E-state index contributed by atoms with van der Waals surface area (Å²) in [7, 11) is 1.75. The third-order valence-corrected chi connectivity index (χ3v) is 1.10.